The third-order valence-corrected chi connectivity index (χ3v) is 4.80. The molecule has 0 aliphatic heterocycles. The number of aliphatic hydroxyl groups is 1. The Bertz CT molecular complexity index is 384. The van der Waals surface area contributed by atoms with Crippen LogP contribution < -0.4 is 5.32 Å². The minimum atomic E-state index is 0.255. The molecule has 19 heavy (non-hydrogen) atoms. The Balaban J connectivity index is 2.49. The smallest absolute Gasteiger partial charge is 0.0464 e. The predicted octanol–water partition coefficient (Wildman–Crippen LogP) is 3.92. The van der Waals surface area contributed by atoms with Gasteiger partial charge in [0.15, 0.2) is 0 Å². The van der Waals surface area contributed by atoms with Crippen LogP contribution >= 0.6 is 27.7 Å². The molecule has 0 aliphatic carbocycles. The molecule has 2 N–H and O–H groups in total. The van der Waals surface area contributed by atoms with E-state index in [1.165, 1.54) is 10.5 Å². The zero-order valence-corrected chi connectivity index (χ0v) is 14.4. The predicted molar refractivity (Wildman–Crippen MR) is 87.7 cm³/mol. The van der Waals surface area contributed by atoms with Crippen molar-refractivity contribution in [1.29, 1.82) is 0 Å². The highest BCUT2D eigenvalue weighted by molar-refractivity contribution is 9.10. The molecule has 0 saturated carbocycles. The highest BCUT2D eigenvalue weighted by Gasteiger charge is 2.05. The summed E-state index contributed by atoms with van der Waals surface area (Å²) < 4.78 is 1.16. The SMILES string of the molecule is CC(C)CNCc1ccc(SCC(C)CO)cc1Br. The van der Waals surface area contributed by atoms with Crippen LogP contribution in [0, 0.1) is 11.8 Å². The highest BCUT2D eigenvalue weighted by Crippen LogP contribution is 2.26. The summed E-state index contributed by atoms with van der Waals surface area (Å²) in [7, 11) is 0. The van der Waals surface area contributed by atoms with E-state index in [-0.39, 0.29) is 6.61 Å². The molecule has 1 atom stereocenters. The van der Waals surface area contributed by atoms with Crippen LogP contribution in [-0.4, -0.2) is 24.0 Å². The van der Waals surface area contributed by atoms with Gasteiger partial charge in [0, 0.05) is 28.3 Å². The van der Waals surface area contributed by atoms with Crippen molar-refractivity contribution in [2.45, 2.75) is 32.2 Å². The lowest BCUT2D eigenvalue weighted by atomic mass is 10.2. The first kappa shape index (κ1) is 17.0. The Morgan fingerprint density at radius 2 is 2.05 bits per heavy atom. The lowest BCUT2D eigenvalue weighted by Crippen LogP contribution is -2.19. The number of hydrogen-bond acceptors (Lipinski definition) is 3. The summed E-state index contributed by atoms with van der Waals surface area (Å²) in [6.45, 7) is 8.68. The molecule has 1 unspecified atom stereocenters. The number of nitrogens with one attached hydrogen (secondary N) is 1. The van der Waals surface area contributed by atoms with Crippen molar-refractivity contribution < 1.29 is 5.11 Å². The lowest BCUT2D eigenvalue weighted by Gasteiger charge is -2.11. The second-order valence-electron chi connectivity index (χ2n) is 5.38. The quantitative estimate of drug-likeness (QED) is 0.700. The molecular weight excluding hydrogens is 322 g/mol. The summed E-state index contributed by atoms with van der Waals surface area (Å²) in [5.41, 5.74) is 1.29. The molecule has 1 aromatic carbocycles. The van der Waals surface area contributed by atoms with Gasteiger partial charge in [-0.05, 0) is 36.1 Å². The zero-order chi connectivity index (χ0) is 14.3. The summed E-state index contributed by atoms with van der Waals surface area (Å²) in [6, 6.07) is 6.50. The van der Waals surface area contributed by atoms with E-state index in [9.17, 15) is 0 Å². The fourth-order valence-corrected chi connectivity index (χ4v) is 3.17. The van der Waals surface area contributed by atoms with Gasteiger partial charge in [0.2, 0.25) is 0 Å². The fraction of sp³-hybridized carbons (Fsp3) is 0.600. The second-order valence-corrected chi connectivity index (χ2v) is 7.32. The molecule has 1 aromatic rings. The van der Waals surface area contributed by atoms with Gasteiger partial charge >= 0.3 is 0 Å². The Hall–Kier alpha value is -0.0300. The third-order valence-electron chi connectivity index (χ3n) is 2.74. The van der Waals surface area contributed by atoms with Gasteiger partial charge in [0.05, 0.1) is 0 Å². The van der Waals surface area contributed by atoms with E-state index in [1.807, 2.05) is 0 Å². The van der Waals surface area contributed by atoms with Crippen molar-refractivity contribution in [3.63, 3.8) is 0 Å². The molecule has 0 saturated heterocycles. The molecular formula is C15H24BrNOS. The maximum absolute atomic E-state index is 9.02. The number of hydrogen-bond donors (Lipinski definition) is 2. The van der Waals surface area contributed by atoms with Crippen LogP contribution in [0.3, 0.4) is 0 Å². The van der Waals surface area contributed by atoms with E-state index in [4.69, 9.17) is 5.11 Å². The monoisotopic (exact) mass is 345 g/mol. The highest BCUT2D eigenvalue weighted by atomic mass is 79.9. The Morgan fingerprint density at radius 1 is 1.32 bits per heavy atom. The molecule has 0 bridgehead atoms. The minimum Gasteiger partial charge on any atom is -0.396 e. The molecule has 4 heteroatoms. The van der Waals surface area contributed by atoms with E-state index in [2.05, 4.69) is 60.2 Å². The van der Waals surface area contributed by atoms with E-state index >= 15 is 0 Å². The fourth-order valence-electron chi connectivity index (χ4n) is 1.55. The molecule has 0 fully saturated rings. The molecule has 0 radical (unpaired) electrons. The summed E-state index contributed by atoms with van der Waals surface area (Å²) in [5, 5.41) is 12.5. The van der Waals surface area contributed by atoms with Crippen molar-refractivity contribution in [2.75, 3.05) is 18.9 Å². The van der Waals surface area contributed by atoms with E-state index in [0.717, 1.165) is 23.3 Å². The van der Waals surface area contributed by atoms with Gasteiger partial charge in [0.1, 0.15) is 0 Å². The Labute approximate surface area is 129 Å². The molecule has 2 nitrogen and oxygen atoms in total. The summed E-state index contributed by atoms with van der Waals surface area (Å²) in [6.07, 6.45) is 0. The van der Waals surface area contributed by atoms with Gasteiger partial charge in [-0.1, -0.05) is 42.8 Å². The topological polar surface area (TPSA) is 32.3 Å². The Morgan fingerprint density at radius 3 is 2.63 bits per heavy atom. The van der Waals surface area contributed by atoms with Gasteiger partial charge in [-0.2, -0.15) is 0 Å². The van der Waals surface area contributed by atoms with E-state index < -0.39 is 0 Å². The first-order valence-electron chi connectivity index (χ1n) is 6.75. The van der Waals surface area contributed by atoms with Gasteiger partial charge in [-0.25, -0.2) is 0 Å². The summed E-state index contributed by atoms with van der Waals surface area (Å²) >= 11 is 5.43. The normalized spacial score (nSPS) is 12.9. The van der Waals surface area contributed by atoms with Crippen molar-refractivity contribution >= 4 is 27.7 Å². The zero-order valence-electron chi connectivity index (χ0n) is 11.9. The number of halogens is 1. The summed E-state index contributed by atoms with van der Waals surface area (Å²) in [4.78, 5) is 1.25. The van der Waals surface area contributed by atoms with Crippen LogP contribution in [-0.2, 0) is 6.54 Å². The molecule has 0 aliphatic rings. The first-order valence-corrected chi connectivity index (χ1v) is 8.53. The number of aliphatic hydroxyl groups excluding tert-OH is 1. The third kappa shape index (κ3) is 6.80. The van der Waals surface area contributed by atoms with Gasteiger partial charge < -0.3 is 10.4 Å². The Kier molecular flexibility index (Phi) is 8.07. The van der Waals surface area contributed by atoms with Crippen molar-refractivity contribution in [3.05, 3.63) is 28.2 Å². The van der Waals surface area contributed by atoms with Crippen LogP contribution in [0.5, 0.6) is 0 Å². The van der Waals surface area contributed by atoms with Crippen molar-refractivity contribution in [1.82, 2.24) is 5.32 Å². The van der Waals surface area contributed by atoms with E-state index in [1.54, 1.807) is 11.8 Å². The minimum absolute atomic E-state index is 0.255. The van der Waals surface area contributed by atoms with Crippen LogP contribution in [0.1, 0.15) is 26.3 Å². The van der Waals surface area contributed by atoms with Gasteiger partial charge in [-0.3, -0.25) is 0 Å². The van der Waals surface area contributed by atoms with Gasteiger partial charge in [-0.15, -0.1) is 11.8 Å². The molecule has 0 heterocycles. The van der Waals surface area contributed by atoms with Crippen LogP contribution in [0.15, 0.2) is 27.6 Å². The first-order chi connectivity index (χ1) is 9.02. The maximum Gasteiger partial charge on any atom is 0.0464 e. The second kappa shape index (κ2) is 9.01. The van der Waals surface area contributed by atoms with Crippen molar-refractivity contribution in [2.24, 2.45) is 11.8 Å². The number of rotatable bonds is 8. The van der Waals surface area contributed by atoms with Crippen LogP contribution in [0.4, 0.5) is 0 Å². The molecule has 1 rings (SSSR count). The van der Waals surface area contributed by atoms with Crippen molar-refractivity contribution in [3.8, 4) is 0 Å². The number of benzene rings is 1. The van der Waals surface area contributed by atoms with Crippen LogP contribution in [0.25, 0.3) is 0 Å². The lowest BCUT2D eigenvalue weighted by molar-refractivity contribution is 0.250. The molecule has 0 aromatic heterocycles. The average Bonchev–Trinajstić information content (AvgIpc) is 2.37. The van der Waals surface area contributed by atoms with Crippen LogP contribution in [0.2, 0.25) is 0 Å². The summed E-state index contributed by atoms with van der Waals surface area (Å²) in [5.74, 6) is 1.97. The van der Waals surface area contributed by atoms with Gasteiger partial charge in [0.25, 0.3) is 0 Å². The molecule has 0 amide bonds. The average molecular weight is 346 g/mol. The maximum atomic E-state index is 9.02. The standard InChI is InChI=1S/C15H24BrNOS/c1-11(2)7-17-8-13-4-5-14(6-15(13)16)19-10-12(3)9-18/h4-6,11-12,17-18H,7-10H2,1-3H3. The number of thioether (sulfide) groups is 1. The molecule has 0 spiro atoms. The van der Waals surface area contributed by atoms with E-state index in [0.29, 0.717) is 11.8 Å². The molecule has 108 valence electrons. The largest absolute Gasteiger partial charge is 0.396 e.